The van der Waals surface area contributed by atoms with Crippen LogP contribution in [0.3, 0.4) is 0 Å². The maximum atomic E-state index is 14.8. The van der Waals surface area contributed by atoms with Crippen molar-refractivity contribution in [3.8, 4) is 24.2 Å². The highest BCUT2D eigenvalue weighted by Gasteiger charge is 2.23. The first-order chi connectivity index (χ1) is 14.0. The molecule has 6 heteroatoms. The van der Waals surface area contributed by atoms with Gasteiger partial charge in [0.05, 0.1) is 12.3 Å². The van der Waals surface area contributed by atoms with E-state index in [1.54, 1.807) is 31.1 Å². The molecule has 1 saturated heterocycles. The third-order valence-electron chi connectivity index (χ3n) is 4.85. The Bertz CT molecular complexity index is 946. The number of morpholine rings is 1. The molecule has 0 aromatic heterocycles. The quantitative estimate of drug-likeness (QED) is 0.706. The largest absolute Gasteiger partial charge is 0.491 e. The molecule has 1 atom stereocenters. The average Bonchev–Trinajstić information content (AvgIpc) is 2.74. The first-order valence-corrected chi connectivity index (χ1v) is 9.44. The summed E-state index contributed by atoms with van der Waals surface area (Å²) >= 11 is 0. The number of anilines is 1. The first kappa shape index (κ1) is 20.7. The average molecular weight is 393 g/mol. The van der Waals surface area contributed by atoms with Crippen LogP contribution in [0, 0.1) is 29.5 Å². The van der Waals surface area contributed by atoms with E-state index in [0.717, 1.165) is 5.56 Å². The van der Waals surface area contributed by atoms with E-state index >= 15 is 0 Å². The smallest absolute Gasteiger partial charge is 0.147 e. The van der Waals surface area contributed by atoms with E-state index in [2.05, 4.69) is 10.8 Å². The molecule has 1 aliphatic rings. The second-order valence-corrected chi connectivity index (χ2v) is 7.15. The molecule has 1 unspecified atom stereocenters. The zero-order valence-corrected chi connectivity index (χ0v) is 16.7. The number of benzene rings is 2. The van der Waals surface area contributed by atoms with Gasteiger partial charge in [0.15, 0.2) is 0 Å². The van der Waals surface area contributed by atoms with Crippen molar-refractivity contribution in [2.24, 2.45) is 0 Å². The Balaban J connectivity index is 1.63. The van der Waals surface area contributed by atoms with Crippen molar-refractivity contribution in [2.45, 2.75) is 12.6 Å². The lowest BCUT2D eigenvalue weighted by molar-refractivity contribution is -0.0506. The predicted octanol–water partition coefficient (Wildman–Crippen LogP) is 3.02. The molecule has 1 heterocycles. The number of nitriles is 1. The zero-order chi connectivity index (χ0) is 20.8. The number of terminal acetylenes is 1. The van der Waals surface area contributed by atoms with Gasteiger partial charge in [-0.3, -0.25) is 4.90 Å². The van der Waals surface area contributed by atoms with Gasteiger partial charge < -0.3 is 14.4 Å². The molecular weight excluding hydrogens is 369 g/mol. The molecular formula is C23H24FN3O2. The molecule has 2 aromatic rings. The monoisotopic (exact) mass is 393 g/mol. The molecule has 0 radical (unpaired) electrons. The summed E-state index contributed by atoms with van der Waals surface area (Å²) in [6.07, 6.45) is 5.29. The standard InChI is InChI=1S/C23H24FN3O2/c1-4-17-6-5-7-19(12-17)29-16-20-15-27(10-11-28-20)14-18-8-9-22(26(2)3)21(13-25)23(18)24/h1,5-9,12,20H,10-11,14-16H2,2-3H3. The van der Waals surface area contributed by atoms with Crippen molar-refractivity contribution in [3.05, 3.63) is 58.9 Å². The van der Waals surface area contributed by atoms with Crippen molar-refractivity contribution in [3.63, 3.8) is 0 Å². The van der Waals surface area contributed by atoms with E-state index < -0.39 is 5.82 Å². The van der Waals surface area contributed by atoms with E-state index in [0.29, 0.717) is 49.8 Å². The molecule has 2 aromatic carbocycles. The van der Waals surface area contributed by atoms with Gasteiger partial charge in [-0.15, -0.1) is 6.42 Å². The van der Waals surface area contributed by atoms with Crippen LogP contribution >= 0.6 is 0 Å². The minimum absolute atomic E-state index is 0.0778. The minimum atomic E-state index is -0.455. The van der Waals surface area contributed by atoms with Crippen LogP contribution in [0.1, 0.15) is 16.7 Å². The highest BCUT2D eigenvalue weighted by molar-refractivity contribution is 5.60. The van der Waals surface area contributed by atoms with Gasteiger partial charge >= 0.3 is 0 Å². The summed E-state index contributed by atoms with van der Waals surface area (Å²) in [5, 5.41) is 9.36. The van der Waals surface area contributed by atoms with Gasteiger partial charge in [-0.1, -0.05) is 18.1 Å². The fraction of sp³-hybridized carbons (Fsp3) is 0.348. The summed E-state index contributed by atoms with van der Waals surface area (Å²) in [4.78, 5) is 3.85. The number of hydrogen-bond acceptors (Lipinski definition) is 5. The summed E-state index contributed by atoms with van der Waals surface area (Å²) in [6, 6.07) is 12.9. The SMILES string of the molecule is C#Cc1cccc(OCC2CN(Cc3ccc(N(C)C)c(C#N)c3F)CCO2)c1. The maximum absolute atomic E-state index is 14.8. The first-order valence-electron chi connectivity index (χ1n) is 9.44. The van der Waals surface area contributed by atoms with E-state index in [1.807, 2.05) is 30.3 Å². The third-order valence-corrected chi connectivity index (χ3v) is 4.85. The Kier molecular flexibility index (Phi) is 6.72. The van der Waals surface area contributed by atoms with Crippen LogP contribution in [0.4, 0.5) is 10.1 Å². The number of ether oxygens (including phenoxy) is 2. The molecule has 0 saturated carbocycles. The van der Waals surface area contributed by atoms with Crippen molar-refractivity contribution in [2.75, 3.05) is 45.3 Å². The van der Waals surface area contributed by atoms with Gasteiger partial charge in [-0.25, -0.2) is 4.39 Å². The van der Waals surface area contributed by atoms with Crippen LogP contribution < -0.4 is 9.64 Å². The van der Waals surface area contributed by atoms with Crippen LogP contribution in [0.5, 0.6) is 5.75 Å². The van der Waals surface area contributed by atoms with Crippen LogP contribution in [0.2, 0.25) is 0 Å². The fourth-order valence-electron chi connectivity index (χ4n) is 3.34. The Morgan fingerprint density at radius 2 is 2.17 bits per heavy atom. The van der Waals surface area contributed by atoms with E-state index in [4.69, 9.17) is 15.9 Å². The summed E-state index contributed by atoms with van der Waals surface area (Å²) < 4.78 is 26.4. The van der Waals surface area contributed by atoms with Crippen molar-refractivity contribution in [1.82, 2.24) is 4.90 Å². The molecule has 1 fully saturated rings. The summed E-state index contributed by atoms with van der Waals surface area (Å²) in [6.45, 7) is 2.66. The van der Waals surface area contributed by atoms with Crippen molar-refractivity contribution >= 4 is 5.69 Å². The summed E-state index contributed by atoms with van der Waals surface area (Å²) in [7, 11) is 3.59. The molecule has 1 aliphatic heterocycles. The van der Waals surface area contributed by atoms with Gasteiger partial charge in [-0.05, 0) is 24.3 Å². The van der Waals surface area contributed by atoms with Crippen molar-refractivity contribution in [1.29, 1.82) is 5.26 Å². The highest BCUT2D eigenvalue weighted by atomic mass is 19.1. The second kappa shape index (κ2) is 9.43. The lowest BCUT2D eigenvalue weighted by Crippen LogP contribution is -2.44. The lowest BCUT2D eigenvalue weighted by atomic mass is 10.1. The molecule has 0 spiro atoms. The lowest BCUT2D eigenvalue weighted by Gasteiger charge is -2.33. The highest BCUT2D eigenvalue weighted by Crippen LogP contribution is 2.25. The van der Waals surface area contributed by atoms with Crippen LogP contribution in [-0.4, -0.2) is 51.4 Å². The van der Waals surface area contributed by atoms with E-state index in [1.165, 1.54) is 0 Å². The number of nitrogens with zero attached hydrogens (tertiary/aromatic N) is 3. The molecule has 3 rings (SSSR count). The predicted molar refractivity (Wildman–Crippen MR) is 110 cm³/mol. The Hall–Kier alpha value is -3.06. The van der Waals surface area contributed by atoms with E-state index in [-0.39, 0.29) is 11.7 Å². The maximum Gasteiger partial charge on any atom is 0.147 e. The molecule has 150 valence electrons. The Morgan fingerprint density at radius 1 is 1.34 bits per heavy atom. The van der Waals surface area contributed by atoms with Gasteiger partial charge in [0, 0.05) is 44.9 Å². The van der Waals surface area contributed by atoms with Gasteiger partial charge in [0.25, 0.3) is 0 Å². The van der Waals surface area contributed by atoms with Crippen molar-refractivity contribution < 1.29 is 13.9 Å². The number of halogens is 1. The van der Waals surface area contributed by atoms with Gasteiger partial charge in [0.2, 0.25) is 0 Å². The zero-order valence-electron chi connectivity index (χ0n) is 16.7. The third kappa shape index (κ3) is 5.06. The summed E-state index contributed by atoms with van der Waals surface area (Å²) in [5.74, 6) is 2.83. The summed E-state index contributed by atoms with van der Waals surface area (Å²) in [5.41, 5.74) is 1.93. The van der Waals surface area contributed by atoms with E-state index in [9.17, 15) is 9.65 Å². The molecule has 0 bridgehead atoms. The number of rotatable bonds is 6. The Labute approximate surface area is 171 Å². The molecule has 0 N–H and O–H groups in total. The Morgan fingerprint density at radius 3 is 2.90 bits per heavy atom. The second-order valence-electron chi connectivity index (χ2n) is 7.15. The van der Waals surface area contributed by atoms with Crippen LogP contribution in [-0.2, 0) is 11.3 Å². The van der Waals surface area contributed by atoms with Gasteiger partial charge in [0.1, 0.15) is 35.9 Å². The molecule has 5 nitrogen and oxygen atoms in total. The normalized spacial score (nSPS) is 16.7. The molecule has 29 heavy (non-hydrogen) atoms. The molecule has 0 amide bonds. The van der Waals surface area contributed by atoms with Crippen LogP contribution in [0.25, 0.3) is 0 Å². The molecule has 0 aliphatic carbocycles. The topological polar surface area (TPSA) is 48.7 Å². The fourth-order valence-corrected chi connectivity index (χ4v) is 3.34. The minimum Gasteiger partial charge on any atom is -0.491 e. The van der Waals surface area contributed by atoms with Crippen LogP contribution in [0.15, 0.2) is 36.4 Å². The number of hydrogen-bond donors (Lipinski definition) is 0. The van der Waals surface area contributed by atoms with Gasteiger partial charge in [-0.2, -0.15) is 5.26 Å².